The van der Waals surface area contributed by atoms with Crippen LogP contribution in [0.5, 0.6) is 11.5 Å². The number of nitrogens with zero attached hydrogens (tertiary/aromatic N) is 2. The maximum Gasteiger partial charge on any atom is 0.264 e. The van der Waals surface area contributed by atoms with Crippen LogP contribution in [0.1, 0.15) is 43.7 Å². The highest BCUT2D eigenvalue weighted by atomic mass is 32.2. The highest BCUT2D eigenvalue weighted by Crippen LogP contribution is 2.34. The molecule has 0 bridgehead atoms. The number of anilines is 1. The Labute approximate surface area is 248 Å². The van der Waals surface area contributed by atoms with Gasteiger partial charge in [0.25, 0.3) is 10.0 Å². The molecular weight excluding hydrogens is 554 g/mol. The van der Waals surface area contributed by atoms with Gasteiger partial charge >= 0.3 is 0 Å². The highest BCUT2D eigenvalue weighted by Gasteiger charge is 2.33. The zero-order valence-corrected chi connectivity index (χ0v) is 25.4. The van der Waals surface area contributed by atoms with Crippen LogP contribution in [0, 0.1) is 6.92 Å². The molecule has 0 heterocycles. The first-order valence-electron chi connectivity index (χ1n) is 14.1. The van der Waals surface area contributed by atoms with Crippen molar-refractivity contribution in [2.75, 3.05) is 25.1 Å². The molecule has 3 aromatic carbocycles. The lowest BCUT2D eigenvalue weighted by Crippen LogP contribution is -2.52. The van der Waals surface area contributed by atoms with Gasteiger partial charge in [0, 0.05) is 18.7 Å². The topological polar surface area (TPSA) is 105 Å². The molecule has 0 spiro atoms. The first kappa shape index (κ1) is 30.9. The van der Waals surface area contributed by atoms with E-state index in [1.165, 1.54) is 37.3 Å². The third-order valence-corrected chi connectivity index (χ3v) is 9.36. The van der Waals surface area contributed by atoms with Crippen LogP contribution in [0.4, 0.5) is 5.69 Å². The van der Waals surface area contributed by atoms with Crippen LogP contribution < -0.4 is 19.1 Å². The van der Waals surface area contributed by atoms with E-state index in [1.54, 1.807) is 37.3 Å². The summed E-state index contributed by atoms with van der Waals surface area (Å²) in [7, 11) is -1.24. The molecule has 1 atom stereocenters. The fourth-order valence-electron chi connectivity index (χ4n) is 5.21. The van der Waals surface area contributed by atoms with Crippen LogP contribution in [0.2, 0.25) is 0 Å². The Kier molecular flexibility index (Phi) is 10.1. The van der Waals surface area contributed by atoms with Crippen molar-refractivity contribution in [1.82, 2.24) is 10.2 Å². The smallest absolute Gasteiger partial charge is 0.264 e. The number of sulfonamides is 1. The number of ether oxygens (including phenoxy) is 2. The summed E-state index contributed by atoms with van der Waals surface area (Å²) in [6, 6.07) is 19.6. The van der Waals surface area contributed by atoms with E-state index in [-0.39, 0.29) is 29.1 Å². The SMILES string of the molecule is COc1ccc(N(CC(=O)N(Cc2cccc(C)c2)C(C)C(=O)NC2CCCC2)S(=O)(=O)c2ccccc2)cc1OC. The van der Waals surface area contributed by atoms with Crippen molar-refractivity contribution in [3.05, 3.63) is 83.9 Å². The number of amides is 2. The van der Waals surface area contributed by atoms with Crippen LogP contribution in [-0.4, -0.2) is 58.0 Å². The molecule has 0 aliphatic heterocycles. The van der Waals surface area contributed by atoms with Gasteiger partial charge in [-0.15, -0.1) is 0 Å². The zero-order valence-electron chi connectivity index (χ0n) is 24.6. The largest absolute Gasteiger partial charge is 0.493 e. The summed E-state index contributed by atoms with van der Waals surface area (Å²) in [4.78, 5) is 29.0. The normalized spacial score (nSPS) is 14.2. The van der Waals surface area contributed by atoms with Crippen LogP contribution in [-0.2, 0) is 26.2 Å². The van der Waals surface area contributed by atoms with Crippen molar-refractivity contribution in [3.8, 4) is 11.5 Å². The Balaban J connectivity index is 1.72. The Bertz CT molecular complexity index is 1490. The third-order valence-electron chi connectivity index (χ3n) is 7.57. The summed E-state index contributed by atoms with van der Waals surface area (Å²) in [5.74, 6) is -0.0362. The van der Waals surface area contributed by atoms with Gasteiger partial charge in [-0.3, -0.25) is 13.9 Å². The molecule has 0 saturated heterocycles. The molecule has 2 amide bonds. The second kappa shape index (κ2) is 13.7. The summed E-state index contributed by atoms with van der Waals surface area (Å²) in [5, 5.41) is 3.08. The number of hydrogen-bond acceptors (Lipinski definition) is 6. The Morgan fingerprint density at radius 2 is 1.62 bits per heavy atom. The van der Waals surface area contributed by atoms with Gasteiger partial charge in [-0.2, -0.15) is 0 Å². The van der Waals surface area contributed by atoms with E-state index in [1.807, 2.05) is 31.2 Å². The molecule has 1 fully saturated rings. The van der Waals surface area contributed by atoms with Crippen molar-refractivity contribution >= 4 is 27.5 Å². The molecule has 1 saturated carbocycles. The van der Waals surface area contributed by atoms with Crippen molar-refractivity contribution < 1.29 is 27.5 Å². The first-order valence-corrected chi connectivity index (χ1v) is 15.5. The average molecular weight is 594 g/mol. The van der Waals surface area contributed by atoms with Gasteiger partial charge in [0.05, 0.1) is 24.8 Å². The predicted octanol–water partition coefficient (Wildman–Crippen LogP) is 4.68. The van der Waals surface area contributed by atoms with Gasteiger partial charge in [-0.05, 0) is 56.5 Å². The molecule has 9 nitrogen and oxygen atoms in total. The van der Waals surface area contributed by atoms with Gasteiger partial charge in [-0.1, -0.05) is 60.9 Å². The fraction of sp³-hybridized carbons (Fsp3) is 0.375. The number of rotatable bonds is 12. The standard InChI is InChI=1S/C32H39N3O6S/c1-23-11-10-12-25(19-23)21-34(24(2)32(37)33-26-13-8-9-14-26)31(36)22-35(42(38,39)28-15-6-5-7-16-28)27-17-18-29(40-3)30(20-27)41-4/h5-7,10-12,15-20,24,26H,8-9,13-14,21-22H2,1-4H3,(H,33,37). The number of benzene rings is 3. The van der Waals surface area contributed by atoms with Gasteiger partial charge in [0.15, 0.2) is 11.5 Å². The minimum absolute atomic E-state index is 0.0323. The van der Waals surface area contributed by atoms with E-state index in [4.69, 9.17) is 9.47 Å². The minimum Gasteiger partial charge on any atom is -0.493 e. The van der Waals surface area contributed by atoms with E-state index in [2.05, 4.69) is 5.32 Å². The van der Waals surface area contributed by atoms with Gasteiger partial charge in [-0.25, -0.2) is 8.42 Å². The van der Waals surface area contributed by atoms with Crippen molar-refractivity contribution in [2.24, 2.45) is 0 Å². The predicted molar refractivity (Wildman–Crippen MR) is 162 cm³/mol. The lowest BCUT2D eigenvalue weighted by Gasteiger charge is -2.32. The second-order valence-electron chi connectivity index (χ2n) is 10.5. The van der Waals surface area contributed by atoms with Crippen molar-refractivity contribution in [1.29, 1.82) is 0 Å². The zero-order chi connectivity index (χ0) is 30.3. The van der Waals surface area contributed by atoms with Gasteiger partial charge in [0.2, 0.25) is 11.8 Å². The molecular formula is C32H39N3O6S. The molecule has 42 heavy (non-hydrogen) atoms. The van der Waals surface area contributed by atoms with Gasteiger partial charge in [0.1, 0.15) is 12.6 Å². The molecule has 1 N–H and O–H groups in total. The third kappa shape index (κ3) is 7.23. The quantitative estimate of drug-likeness (QED) is 0.327. The van der Waals surface area contributed by atoms with E-state index in [0.29, 0.717) is 11.5 Å². The number of nitrogens with one attached hydrogen (secondary N) is 1. The van der Waals surface area contributed by atoms with Crippen LogP contribution in [0.25, 0.3) is 0 Å². The van der Waals surface area contributed by atoms with Crippen LogP contribution in [0.3, 0.4) is 0 Å². The monoisotopic (exact) mass is 593 g/mol. The fourth-order valence-corrected chi connectivity index (χ4v) is 6.64. The number of methoxy groups -OCH3 is 2. The second-order valence-corrected chi connectivity index (χ2v) is 12.4. The summed E-state index contributed by atoms with van der Waals surface area (Å²) in [6.07, 6.45) is 3.94. The van der Waals surface area contributed by atoms with Crippen molar-refractivity contribution in [3.63, 3.8) is 0 Å². The maximum atomic E-state index is 14.1. The first-order chi connectivity index (χ1) is 20.1. The minimum atomic E-state index is -4.18. The average Bonchev–Trinajstić information content (AvgIpc) is 3.51. The number of carbonyl (C=O) groups is 2. The maximum absolute atomic E-state index is 14.1. The van der Waals surface area contributed by atoms with Crippen LogP contribution >= 0.6 is 0 Å². The lowest BCUT2D eigenvalue weighted by atomic mass is 10.1. The lowest BCUT2D eigenvalue weighted by molar-refractivity contribution is -0.139. The molecule has 0 radical (unpaired) electrons. The van der Waals surface area contributed by atoms with Crippen molar-refractivity contribution in [2.45, 2.75) is 63.1 Å². The molecule has 10 heteroatoms. The Hall–Kier alpha value is -4.05. The van der Waals surface area contributed by atoms with E-state index in [0.717, 1.165) is 41.1 Å². The number of hydrogen-bond donors (Lipinski definition) is 1. The molecule has 1 aliphatic carbocycles. The number of aryl methyl sites for hydroxylation is 1. The molecule has 4 rings (SSSR count). The van der Waals surface area contributed by atoms with E-state index >= 15 is 0 Å². The molecule has 3 aromatic rings. The summed E-state index contributed by atoms with van der Waals surface area (Å²) < 4.78 is 39.8. The molecule has 1 aliphatic rings. The molecule has 0 aromatic heterocycles. The van der Waals surface area contributed by atoms with E-state index < -0.39 is 28.5 Å². The van der Waals surface area contributed by atoms with Crippen LogP contribution in [0.15, 0.2) is 77.7 Å². The Morgan fingerprint density at radius 3 is 2.26 bits per heavy atom. The summed E-state index contributed by atoms with van der Waals surface area (Å²) in [6.45, 7) is 3.26. The summed E-state index contributed by atoms with van der Waals surface area (Å²) in [5.41, 5.74) is 2.08. The molecule has 224 valence electrons. The number of carbonyl (C=O) groups excluding carboxylic acids is 2. The summed E-state index contributed by atoms with van der Waals surface area (Å²) >= 11 is 0. The molecule has 1 unspecified atom stereocenters. The Morgan fingerprint density at radius 1 is 0.929 bits per heavy atom. The van der Waals surface area contributed by atoms with Gasteiger partial charge < -0.3 is 19.7 Å². The highest BCUT2D eigenvalue weighted by molar-refractivity contribution is 7.92. The van der Waals surface area contributed by atoms with E-state index in [9.17, 15) is 18.0 Å².